The number of anilines is 1. The zero-order valence-electron chi connectivity index (χ0n) is 16.6. The molecule has 1 heterocycles. The van der Waals surface area contributed by atoms with Crippen LogP contribution >= 0.6 is 0 Å². The molecule has 3 aromatic rings. The summed E-state index contributed by atoms with van der Waals surface area (Å²) in [7, 11) is 0. The second kappa shape index (κ2) is 9.13. The average Bonchev–Trinajstić information content (AvgIpc) is 2.72. The molecule has 0 radical (unpaired) electrons. The van der Waals surface area contributed by atoms with E-state index in [1.165, 1.54) is 24.3 Å². The smallest absolute Gasteiger partial charge is 0.276 e. The van der Waals surface area contributed by atoms with Crippen LogP contribution in [-0.2, 0) is 17.9 Å². The molecule has 0 saturated heterocycles. The molecule has 3 rings (SSSR count). The summed E-state index contributed by atoms with van der Waals surface area (Å²) >= 11 is 0. The first-order chi connectivity index (χ1) is 14.3. The van der Waals surface area contributed by atoms with Gasteiger partial charge in [-0.2, -0.15) is 5.10 Å². The molecule has 0 fully saturated rings. The molecule has 1 aromatic heterocycles. The molecule has 8 heteroatoms. The fourth-order valence-corrected chi connectivity index (χ4v) is 2.69. The van der Waals surface area contributed by atoms with Crippen molar-refractivity contribution in [3.05, 3.63) is 93.2 Å². The van der Waals surface area contributed by atoms with Crippen molar-refractivity contribution in [3.63, 3.8) is 0 Å². The molecule has 30 heavy (non-hydrogen) atoms. The van der Waals surface area contributed by atoms with Crippen LogP contribution in [-0.4, -0.2) is 21.6 Å². The maximum Gasteiger partial charge on any atom is 0.276 e. The number of benzene rings is 2. The maximum atomic E-state index is 12.9. The zero-order chi connectivity index (χ0) is 21.7. The third kappa shape index (κ3) is 5.38. The van der Waals surface area contributed by atoms with Gasteiger partial charge in [0.15, 0.2) is 0 Å². The average molecular weight is 408 g/mol. The van der Waals surface area contributed by atoms with Crippen LogP contribution in [0.5, 0.6) is 0 Å². The highest BCUT2D eigenvalue weighted by atomic mass is 19.1. The molecule has 2 N–H and O–H groups in total. The molecule has 0 unspecified atom stereocenters. The molecule has 0 spiro atoms. The minimum Gasteiger partial charge on any atom is -0.350 e. The van der Waals surface area contributed by atoms with Gasteiger partial charge in [0, 0.05) is 18.3 Å². The summed E-state index contributed by atoms with van der Waals surface area (Å²) < 4.78 is 13.9. The van der Waals surface area contributed by atoms with Gasteiger partial charge in [-0.3, -0.25) is 14.4 Å². The Hall–Kier alpha value is -3.81. The number of carbonyl (C=O) groups is 2. The Balaban J connectivity index is 1.65. The number of hydrogen-bond donors (Lipinski definition) is 2. The van der Waals surface area contributed by atoms with E-state index in [1.807, 2.05) is 26.0 Å². The van der Waals surface area contributed by atoms with E-state index >= 15 is 0 Å². The Morgan fingerprint density at radius 3 is 2.43 bits per heavy atom. The Kier molecular flexibility index (Phi) is 6.36. The van der Waals surface area contributed by atoms with Gasteiger partial charge >= 0.3 is 0 Å². The molecule has 0 aliphatic heterocycles. The normalized spacial score (nSPS) is 10.5. The van der Waals surface area contributed by atoms with Gasteiger partial charge in [0.1, 0.15) is 18.1 Å². The number of amides is 2. The van der Waals surface area contributed by atoms with Gasteiger partial charge in [0.25, 0.3) is 11.5 Å². The van der Waals surface area contributed by atoms with Gasteiger partial charge in [0.2, 0.25) is 5.91 Å². The van der Waals surface area contributed by atoms with Crippen LogP contribution in [0.15, 0.2) is 59.4 Å². The standard InChI is InChI=1S/C22H21FN4O3/c1-14-3-8-18(11-15(14)2)25-22(30)19-9-10-21(29)27(26-19)13-20(28)24-12-16-4-6-17(23)7-5-16/h3-11H,12-13H2,1-2H3,(H,24,28)(H,25,30). The van der Waals surface area contributed by atoms with Crippen molar-refractivity contribution >= 4 is 17.5 Å². The first kappa shape index (κ1) is 20.9. The lowest BCUT2D eigenvalue weighted by atomic mass is 10.1. The van der Waals surface area contributed by atoms with E-state index in [0.717, 1.165) is 15.8 Å². The van der Waals surface area contributed by atoms with E-state index in [-0.39, 0.29) is 24.6 Å². The number of nitrogens with one attached hydrogen (secondary N) is 2. The van der Waals surface area contributed by atoms with Crippen LogP contribution in [0.3, 0.4) is 0 Å². The highest BCUT2D eigenvalue weighted by Crippen LogP contribution is 2.14. The fourth-order valence-electron chi connectivity index (χ4n) is 2.69. The van der Waals surface area contributed by atoms with Gasteiger partial charge < -0.3 is 10.6 Å². The van der Waals surface area contributed by atoms with Crippen LogP contribution in [0.2, 0.25) is 0 Å². The van der Waals surface area contributed by atoms with Gasteiger partial charge in [0.05, 0.1) is 0 Å². The molecule has 0 bridgehead atoms. The summed E-state index contributed by atoms with van der Waals surface area (Å²) in [5, 5.41) is 9.36. The molecule has 7 nitrogen and oxygen atoms in total. The first-order valence-electron chi connectivity index (χ1n) is 9.30. The van der Waals surface area contributed by atoms with Gasteiger partial charge in [-0.25, -0.2) is 9.07 Å². The Morgan fingerprint density at radius 2 is 1.73 bits per heavy atom. The monoisotopic (exact) mass is 408 g/mol. The van der Waals surface area contributed by atoms with E-state index in [4.69, 9.17) is 0 Å². The largest absolute Gasteiger partial charge is 0.350 e. The SMILES string of the molecule is Cc1ccc(NC(=O)c2ccc(=O)n(CC(=O)NCc3ccc(F)cc3)n2)cc1C. The molecule has 0 atom stereocenters. The molecule has 154 valence electrons. The first-order valence-corrected chi connectivity index (χ1v) is 9.30. The second-order valence-corrected chi connectivity index (χ2v) is 6.87. The number of aryl methyl sites for hydroxylation is 2. The van der Waals surface area contributed by atoms with E-state index in [9.17, 15) is 18.8 Å². The summed E-state index contributed by atoms with van der Waals surface area (Å²) in [6.45, 7) is 3.75. The molecular weight excluding hydrogens is 387 g/mol. The number of aromatic nitrogens is 2. The Bertz CT molecular complexity index is 1140. The van der Waals surface area contributed by atoms with Crippen LogP contribution in [0.4, 0.5) is 10.1 Å². The molecule has 0 aliphatic rings. The predicted octanol–water partition coefficient (Wildman–Crippen LogP) is 2.57. The fraction of sp³-hybridized carbons (Fsp3) is 0.182. The van der Waals surface area contributed by atoms with E-state index in [1.54, 1.807) is 18.2 Å². The van der Waals surface area contributed by atoms with Crippen LogP contribution < -0.4 is 16.2 Å². The molecule has 0 aliphatic carbocycles. The lowest BCUT2D eigenvalue weighted by molar-refractivity contribution is -0.122. The highest BCUT2D eigenvalue weighted by Gasteiger charge is 2.12. The summed E-state index contributed by atoms with van der Waals surface area (Å²) in [6.07, 6.45) is 0. The number of hydrogen-bond acceptors (Lipinski definition) is 4. The van der Waals surface area contributed by atoms with Crippen molar-refractivity contribution in [3.8, 4) is 0 Å². The Labute approximate surface area is 172 Å². The number of carbonyl (C=O) groups excluding carboxylic acids is 2. The second-order valence-electron chi connectivity index (χ2n) is 6.87. The van der Waals surface area contributed by atoms with Crippen molar-refractivity contribution in [1.82, 2.24) is 15.1 Å². The van der Waals surface area contributed by atoms with Crippen LogP contribution in [0, 0.1) is 19.7 Å². The summed E-state index contributed by atoms with van der Waals surface area (Å²) in [6, 6.07) is 13.7. The summed E-state index contributed by atoms with van der Waals surface area (Å²) in [5.74, 6) is -1.31. The van der Waals surface area contributed by atoms with E-state index < -0.39 is 17.4 Å². The van der Waals surface area contributed by atoms with Crippen molar-refractivity contribution in [2.75, 3.05) is 5.32 Å². The Morgan fingerprint density at radius 1 is 1.00 bits per heavy atom. The minimum absolute atomic E-state index is 0.0131. The van der Waals surface area contributed by atoms with Gasteiger partial charge in [-0.05, 0) is 60.9 Å². The quantitative estimate of drug-likeness (QED) is 0.656. The predicted molar refractivity (Wildman–Crippen MR) is 111 cm³/mol. The van der Waals surface area contributed by atoms with E-state index in [2.05, 4.69) is 15.7 Å². The molecule has 2 aromatic carbocycles. The molecule has 0 saturated carbocycles. The summed E-state index contributed by atoms with van der Waals surface area (Å²) in [5.41, 5.74) is 2.97. The lowest BCUT2D eigenvalue weighted by Crippen LogP contribution is -2.34. The molecular formula is C22H21FN4O3. The number of nitrogens with zero attached hydrogens (tertiary/aromatic N) is 2. The maximum absolute atomic E-state index is 12.9. The van der Waals surface area contributed by atoms with Gasteiger partial charge in [-0.15, -0.1) is 0 Å². The van der Waals surface area contributed by atoms with Gasteiger partial charge in [-0.1, -0.05) is 18.2 Å². The number of rotatable bonds is 6. The minimum atomic E-state index is -0.505. The summed E-state index contributed by atoms with van der Waals surface area (Å²) in [4.78, 5) is 36.7. The highest BCUT2D eigenvalue weighted by molar-refractivity contribution is 6.02. The topological polar surface area (TPSA) is 93.1 Å². The van der Waals surface area contributed by atoms with E-state index in [0.29, 0.717) is 11.3 Å². The zero-order valence-corrected chi connectivity index (χ0v) is 16.6. The van der Waals surface area contributed by atoms with Crippen molar-refractivity contribution in [1.29, 1.82) is 0 Å². The third-order valence-corrected chi connectivity index (χ3v) is 4.56. The molecule has 2 amide bonds. The lowest BCUT2D eigenvalue weighted by Gasteiger charge is -2.10. The van der Waals surface area contributed by atoms with Crippen molar-refractivity contribution in [2.24, 2.45) is 0 Å². The third-order valence-electron chi connectivity index (χ3n) is 4.56. The number of halogens is 1. The van der Waals surface area contributed by atoms with Crippen LogP contribution in [0.1, 0.15) is 27.2 Å². The van der Waals surface area contributed by atoms with Crippen LogP contribution in [0.25, 0.3) is 0 Å². The van der Waals surface area contributed by atoms with Crippen molar-refractivity contribution < 1.29 is 14.0 Å². The van der Waals surface area contributed by atoms with Crippen molar-refractivity contribution in [2.45, 2.75) is 26.9 Å².